The molecular weight excluding hydrogens is 342 g/mol. The first-order chi connectivity index (χ1) is 12.8. The van der Waals surface area contributed by atoms with Crippen LogP contribution in [-0.2, 0) is 6.54 Å². The highest BCUT2D eigenvalue weighted by Crippen LogP contribution is 2.27. The van der Waals surface area contributed by atoms with Crippen LogP contribution in [0.2, 0.25) is 0 Å². The maximum absolute atomic E-state index is 4.77. The fraction of sp³-hybridized carbons (Fsp3) is 0.250. The summed E-state index contributed by atoms with van der Waals surface area (Å²) < 4.78 is 1.90. The van der Waals surface area contributed by atoms with E-state index in [-0.39, 0.29) is 0 Å². The largest absolute Gasteiger partial charge is 0.298 e. The van der Waals surface area contributed by atoms with E-state index < -0.39 is 0 Å². The molecule has 1 saturated heterocycles. The second kappa shape index (κ2) is 6.63. The quantitative estimate of drug-likeness (QED) is 0.554. The fourth-order valence-corrected chi connectivity index (χ4v) is 4.33. The standard InChI is InChI=1S/C20H19N5S/c1-3-15(11-21-8-1)16-5-6-19-22-20(23-25(19)13-16)17-7-9-24(12-17)14-18-4-2-10-26-18/h1-6,8,10-11,13,17H,7,9,12,14H2. The molecule has 0 aliphatic carbocycles. The van der Waals surface area contributed by atoms with Gasteiger partial charge in [0.2, 0.25) is 0 Å². The lowest BCUT2D eigenvalue weighted by atomic mass is 10.1. The van der Waals surface area contributed by atoms with Gasteiger partial charge in [-0.05, 0) is 42.6 Å². The third-order valence-electron chi connectivity index (χ3n) is 4.94. The van der Waals surface area contributed by atoms with Crippen molar-refractivity contribution in [3.05, 3.63) is 71.1 Å². The summed E-state index contributed by atoms with van der Waals surface area (Å²) in [5.41, 5.74) is 3.10. The Balaban J connectivity index is 1.36. The summed E-state index contributed by atoms with van der Waals surface area (Å²) in [6.45, 7) is 3.18. The van der Waals surface area contributed by atoms with Gasteiger partial charge in [0.05, 0.1) is 0 Å². The van der Waals surface area contributed by atoms with Gasteiger partial charge in [-0.15, -0.1) is 11.3 Å². The topological polar surface area (TPSA) is 46.3 Å². The first kappa shape index (κ1) is 15.7. The Bertz CT molecular complexity index is 1010. The molecule has 5 heterocycles. The Labute approximate surface area is 156 Å². The number of aromatic nitrogens is 4. The van der Waals surface area contributed by atoms with E-state index in [9.17, 15) is 0 Å². The average Bonchev–Trinajstić information content (AvgIpc) is 3.42. The number of thiophene rings is 1. The number of hydrogen-bond acceptors (Lipinski definition) is 5. The lowest BCUT2D eigenvalue weighted by Gasteiger charge is -2.13. The molecular formula is C20H19N5S. The molecule has 0 radical (unpaired) electrons. The molecule has 1 aliphatic heterocycles. The third kappa shape index (κ3) is 3.02. The number of likely N-dealkylation sites (tertiary alicyclic amines) is 1. The van der Waals surface area contributed by atoms with Crippen molar-refractivity contribution in [1.29, 1.82) is 0 Å². The summed E-state index contributed by atoms with van der Waals surface area (Å²) in [4.78, 5) is 12.9. The van der Waals surface area contributed by atoms with Crippen molar-refractivity contribution in [1.82, 2.24) is 24.5 Å². The lowest BCUT2D eigenvalue weighted by Crippen LogP contribution is -2.19. The van der Waals surface area contributed by atoms with E-state index >= 15 is 0 Å². The van der Waals surface area contributed by atoms with E-state index in [1.807, 2.05) is 40.4 Å². The highest BCUT2D eigenvalue weighted by atomic mass is 32.1. The molecule has 0 saturated carbocycles. The Kier molecular flexibility index (Phi) is 3.99. The molecule has 1 aliphatic rings. The number of fused-ring (bicyclic) bond motifs is 1. The Morgan fingerprint density at radius 3 is 2.96 bits per heavy atom. The number of pyridine rings is 2. The van der Waals surface area contributed by atoms with Gasteiger partial charge in [-0.3, -0.25) is 9.88 Å². The van der Waals surface area contributed by atoms with E-state index in [1.165, 1.54) is 4.88 Å². The molecule has 0 aromatic carbocycles. The smallest absolute Gasteiger partial charge is 0.156 e. The number of nitrogens with zero attached hydrogens (tertiary/aromatic N) is 5. The highest BCUT2D eigenvalue weighted by Gasteiger charge is 2.27. The van der Waals surface area contributed by atoms with Crippen LogP contribution in [0.15, 0.2) is 60.4 Å². The van der Waals surface area contributed by atoms with E-state index in [0.717, 1.165) is 48.7 Å². The third-order valence-corrected chi connectivity index (χ3v) is 5.80. The summed E-state index contributed by atoms with van der Waals surface area (Å²) in [5.74, 6) is 1.37. The van der Waals surface area contributed by atoms with E-state index in [0.29, 0.717) is 5.92 Å². The number of rotatable bonds is 4. The normalized spacial score (nSPS) is 17.9. The predicted molar refractivity (Wildman–Crippen MR) is 103 cm³/mol. The summed E-state index contributed by atoms with van der Waals surface area (Å²) in [6, 6.07) is 12.5. The van der Waals surface area contributed by atoms with Crippen LogP contribution < -0.4 is 0 Å². The molecule has 4 aromatic heterocycles. The summed E-state index contributed by atoms with van der Waals surface area (Å²) in [5, 5.41) is 6.92. The minimum atomic E-state index is 0.414. The van der Waals surface area contributed by atoms with Crippen molar-refractivity contribution in [2.45, 2.75) is 18.9 Å². The maximum atomic E-state index is 4.77. The van der Waals surface area contributed by atoms with Crippen LogP contribution in [0.4, 0.5) is 0 Å². The molecule has 5 nitrogen and oxygen atoms in total. The van der Waals surface area contributed by atoms with Gasteiger partial charge in [0.15, 0.2) is 11.5 Å². The molecule has 1 unspecified atom stereocenters. The first-order valence-electron chi connectivity index (χ1n) is 8.86. The van der Waals surface area contributed by atoms with Crippen molar-refractivity contribution < 1.29 is 0 Å². The second-order valence-electron chi connectivity index (χ2n) is 6.73. The van der Waals surface area contributed by atoms with Crippen LogP contribution in [0.3, 0.4) is 0 Å². The second-order valence-corrected chi connectivity index (χ2v) is 7.76. The molecule has 6 heteroatoms. The minimum Gasteiger partial charge on any atom is -0.298 e. The van der Waals surface area contributed by atoms with E-state index in [1.54, 1.807) is 6.20 Å². The average molecular weight is 361 g/mol. The van der Waals surface area contributed by atoms with Gasteiger partial charge in [-0.25, -0.2) is 9.50 Å². The zero-order valence-electron chi connectivity index (χ0n) is 14.3. The van der Waals surface area contributed by atoms with Crippen molar-refractivity contribution in [2.75, 3.05) is 13.1 Å². The minimum absolute atomic E-state index is 0.414. The molecule has 0 bridgehead atoms. The highest BCUT2D eigenvalue weighted by molar-refractivity contribution is 7.09. The maximum Gasteiger partial charge on any atom is 0.156 e. The van der Waals surface area contributed by atoms with Crippen molar-refractivity contribution >= 4 is 17.0 Å². The Morgan fingerprint density at radius 1 is 1.12 bits per heavy atom. The van der Waals surface area contributed by atoms with Gasteiger partial charge in [0.25, 0.3) is 0 Å². The zero-order valence-corrected chi connectivity index (χ0v) is 15.1. The van der Waals surface area contributed by atoms with Crippen molar-refractivity contribution in [3.8, 4) is 11.1 Å². The van der Waals surface area contributed by atoms with Gasteiger partial charge in [-0.2, -0.15) is 5.10 Å². The van der Waals surface area contributed by atoms with Gasteiger partial charge in [-0.1, -0.05) is 12.1 Å². The summed E-state index contributed by atoms with van der Waals surface area (Å²) in [7, 11) is 0. The molecule has 0 N–H and O–H groups in total. The van der Waals surface area contributed by atoms with Crippen molar-refractivity contribution in [3.63, 3.8) is 0 Å². The van der Waals surface area contributed by atoms with Crippen LogP contribution in [0.25, 0.3) is 16.8 Å². The van der Waals surface area contributed by atoms with Crippen LogP contribution in [0.5, 0.6) is 0 Å². The summed E-state index contributed by atoms with van der Waals surface area (Å²) >= 11 is 1.83. The fourth-order valence-electron chi connectivity index (χ4n) is 3.59. The van der Waals surface area contributed by atoms with Gasteiger partial charge in [0.1, 0.15) is 0 Å². The van der Waals surface area contributed by atoms with Gasteiger partial charge in [0, 0.05) is 53.6 Å². The Morgan fingerprint density at radius 2 is 2.12 bits per heavy atom. The molecule has 0 spiro atoms. The molecule has 1 atom stereocenters. The van der Waals surface area contributed by atoms with Crippen LogP contribution >= 0.6 is 11.3 Å². The van der Waals surface area contributed by atoms with Crippen LogP contribution in [0, 0.1) is 0 Å². The monoisotopic (exact) mass is 361 g/mol. The molecule has 5 rings (SSSR count). The van der Waals surface area contributed by atoms with E-state index in [2.05, 4.69) is 39.5 Å². The molecule has 130 valence electrons. The molecule has 0 amide bonds. The van der Waals surface area contributed by atoms with E-state index in [4.69, 9.17) is 10.1 Å². The predicted octanol–water partition coefficient (Wildman–Crippen LogP) is 3.84. The van der Waals surface area contributed by atoms with Crippen LogP contribution in [0.1, 0.15) is 23.0 Å². The Hall–Kier alpha value is -2.57. The number of hydrogen-bond donors (Lipinski definition) is 0. The van der Waals surface area contributed by atoms with Crippen LogP contribution in [-0.4, -0.2) is 37.6 Å². The summed E-state index contributed by atoms with van der Waals surface area (Å²) in [6.07, 6.45) is 6.83. The molecule has 4 aromatic rings. The lowest BCUT2D eigenvalue weighted by molar-refractivity contribution is 0.328. The SMILES string of the molecule is c1cncc(-c2ccc3nc(C4CCN(Cc5cccs5)C4)nn3c2)c1. The van der Waals surface area contributed by atoms with Gasteiger partial charge < -0.3 is 0 Å². The van der Waals surface area contributed by atoms with Crippen molar-refractivity contribution in [2.24, 2.45) is 0 Å². The zero-order chi connectivity index (χ0) is 17.3. The molecule has 26 heavy (non-hydrogen) atoms. The first-order valence-corrected chi connectivity index (χ1v) is 9.74. The van der Waals surface area contributed by atoms with Gasteiger partial charge >= 0.3 is 0 Å². The molecule has 1 fully saturated rings.